The second-order valence-corrected chi connectivity index (χ2v) is 4.69. The predicted molar refractivity (Wildman–Crippen MR) is 80.6 cm³/mol. The van der Waals surface area contributed by atoms with Crippen molar-refractivity contribution in [1.29, 1.82) is 0 Å². The first kappa shape index (κ1) is 13.3. The monoisotopic (exact) mass is 283 g/mol. The van der Waals surface area contributed by atoms with Crippen LogP contribution in [-0.4, -0.2) is 17.1 Å². The summed E-state index contributed by atoms with van der Waals surface area (Å²) in [5.74, 6) is 0.459. The van der Waals surface area contributed by atoms with Crippen molar-refractivity contribution in [3.63, 3.8) is 0 Å². The Morgan fingerprint density at radius 3 is 2.43 bits per heavy atom. The molecule has 0 atom stereocenters. The van der Waals surface area contributed by atoms with Crippen LogP contribution in [0.5, 0.6) is 5.75 Å². The summed E-state index contributed by atoms with van der Waals surface area (Å²) in [5, 5.41) is 1.88. The van der Waals surface area contributed by atoms with E-state index < -0.39 is 5.82 Å². The zero-order valence-corrected chi connectivity index (χ0v) is 11.7. The Morgan fingerprint density at radius 2 is 1.76 bits per heavy atom. The van der Waals surface area contributed by atoms with Crippen molar-refractivity contribution < 1.29 is 9.13 Å². The van der Waals surface area contributed by atoms with Crippen molar-refractivity contribution in [1.82, 2.24) is 9.97 Å². The van der Waals surface area contributed by atoms with Crippen LogP contribution in [0.4, 0.5) is 10.2 Å². The standard InChI is InChI=1S/C16H14FN3O/c1-9-14(17)15(18)20-16(19-9)12-7-8-13(21-2)11-6-4-3-5-10(11)12/h3-8H,1-2H3,(H2,18,19,20). The highest BCUT2D eigenvalue weighted by Gasteiger charge is 2.14. The molecular weight excluding hydrogens is 269 g/mol. The summed E-state index contributed by atoms with van der Waals surface area (Å²) in [4.78, 5) is 8.26. The van der Waals surface area contributed by atoms with Gasteiger partial charge in [-0.05, 0) is 24.4 Å². The SMILES string of the molecule is COc1ccc(-c2nc(C)c(F)c(N)n2)c2ccccc12. The summed E-state index contributed by atoms with van der Waals surface area (Å²) in [6.07, 6.45) is 0. The molecule has 0 aliphatic rings. The normalized spacial score (nSPS) is 10.8. The lowest BCUT2D eigenvalue weighted by Crippen LogP contribution is -2.03. The van der Waals surface area contributed by atoms with E-state index in [1.54, 1.807) is 14.0 Å². The minimum Gasteiger partial charge on any atom is -0.496 e. The minimum absolute atomic E-state index is 0.141. The van der Waals surface area contributed by atoms with Gasteiger partial charge in [0.2, 0.25) is 0 Å². The van der Waals surface area contributed by atoms with Crippen LogP contribution < -0.4 is 10.5 Å². The molecule has 0 radical (unpaired) electrons. The predicted octanol–water partition coefficient (Wildman–Crippen LogP) is 3.34. The molecule has 1 aromatic heterocycles. The lowest BCUT2D eigenvalue weighted by Gasteiger charge is -2.10. The molecule has 0 aliphatic carbocycles. The molecule has 0 aliphatic heterocycles. The summed E-state index contributed by atoms with van der Waals surface area (Å²) in [7, 11) is 1.62. The molecule has 2 aromatic carbocycles. The second-order valence-electron chi connectivity index (χ2n) is 4.69. The average Bonchev–Trinajstić information content (AvgIpc) is 2.51. The molecule has 3 aromatic rings. The lowest BCUT2D eigenvalue weighted by molar-refractivity contribution is 0.420. The van der Waals surface area contributed by atoms with Crippen molar-refractivity contribution in [2.24, 2.45) is 0 Å². The lowest BCUT2D eigenvalue weighted by atomic mass is 10.0. The molecule has 0 fully saturated rings. The first-order chi connectivity index (χ1) is 10.1. The Hall–Kier alpha value is -2.69. The Kier molecular flexibility index (Phi) is 3.17. The van der Waals surface area contributed by atoms with Gasteiger partial charge < -0.3 is 10.5 Å². The van der Waals surface area contributed by atoms with Gasteiger partial charge in [-0.25, -0.2) is 14.4 Å². The van der Waals surface area contributed by atoms with E-state index in [9.17, 15) is 4.39 Å². The Labute approximate surface area is 121 Å². The van der Waals surface area contributed by atoms with E-state index in [2.05, 4.69) is 9.97 Å². The topological polar surface area (TPSA) is 61.0 Å². The van der Waals surface area contributed by atoms with Crippen molar-refractivity contribution in [2.45, 2.75) is 6.92 Å². The van der Waals surface area contributed by atoms with Crippen LogP contribution in [0.25, 0.3) is 22.2 Å². The van der Waals surface area contributed by atoms with Gasteiger partial charge in [-0.15, -0.1) is 0 Å². The molecule has 1 heterocycles. The Bertz CT molecular complexity index is 810. The number of hydrogen-bond acceptors (Lipinski definition) is 4. The highest BCUT2D eigenvalue weighted by atomic mass is 19.1. The van der Waals surface area contributed by atoms with E-state index in [4.69, 9.17) is 10.5 Å². The van der Waals surface area contributed by atoms with Crippen LogP contribution in [0.15, 0.2) is 36.4 Å². The molecule has 106 valence electrons. The number of halogens is 1. The summed E-state index contributed by atoms with van der Waals surface area (Å²) in [6.45, 7) is 1.57. The number of hydrogen-bond donors (Lipinski definition) is 1. The van der Waals surface area contributed by atoms with Gasteiger partial charge in [0.05, 0.1) is 12.8 Å². The van der Waals surface area contributed by atoms with Crippen molar-refractivity contribution in [2.75, 3.05) is 12.8 Å². The third-order valence-electron chi connectivity index (χ3n) is 3.39. The quantitative estimate of drug-likeness (QED) is 0.783. The van der Waals surface area contributed by atoms with E-state index >= 15 is 0 Å². The number of aromatic nitrogens is 2. The van der Waals surface area contributed by atoms with Gasteiger partial charge in [-0.2, -0.15) is 0 Å². The molecule has 21 heavy (non-hydrogen) atoms. The number of benzene rings is 2. The van der Waals surface area contributed by atoms with Crippen molar-refractivity contribution in [3.8, 4) is 17.1 Å². The number of rotatable bonds is 2. The third-order valence-corrected chi connectivity index (χ3v) is 3.39. The fourth-order valence-electron chi connectivity index (χ4n) is 2.35. The van der Waals surface area contributed by atoms with Gasteiger partial charge in [0, 0.05) is 10.9 Å². The molecule has 0 spiro atoms. The Balaban J connectivity index is 2.31. The first-order valence-electron chi connectivity index (χ1n) is 6.47. The van der Waals surface area contributed by atoms with E-state index in [-0.39, 0.29) is 11.5 Å². The maximum absolute atomic E-state index is 13.6. The molecule has 4 nitrogen and oxygen atoms in total. The molecule has 0 amide bonds. The molecule has 5 heteroatoms. The number of nitrogen functional groups attached to an aromatic ring is 1. The summed E-state index contributed by atoms with van der Waals surface area (Å²) in [6, 6.07) is 11.5. The molecule has 2 N–H and O–H groups in total. The number of nitrogens with zero attached hydrogens (tertiary/aromatic N) is 2. The van der Waals surface area contributed by atoms with Gasteiger partial charge in [-0.1, -0.05) is 24.3 Å². The summed E-state index contributed by atoms with van der Waals surface area (Å²) >= 11 is 0. The average molecular weight is 283 g/mol. The number of anilines is 1. The van der Waals surface area contributed by atoms with Crippen molar-refractivity contribution in [3.05, 3.63) is 47.9 Å². The fraction of sp³-hybridized carbons (Fsp3) is 0.125. The first-order valence-corrected chi connectivity index (χ1v) is 6.47. The smallest absolute Gasteiger partial charge is 0.186 e. The molecule has 0 saturated heterocycles. The third kappa shape index (κ3) is 2.16. The molecular formula is C16H14FN3O. The minimum atomic E-state index is -0.573. The highest BCUT2D eigenvalue weighted by molar-refractivity contribution is 5.98. The highest BCUT2D eigenvalue weighted by Crippen LogP contribution is 2.33. The van der Waals surface area contributed by atoms with Gasteiger partial charge in [0.1, 0.15) is 5.75 Å². The number of aryl methyl sites for hydroxylation is 1. The van der Waals surface area contributed by atoms with Crippen molar-refractivity contribution >= 4 is 16.6 Å². The second kappa shape index (κ2) is 5.01. The molecule has 0 bridgehead atoms. The fourth-order valence-corrected chi connectivity index (χ4v) is 2.35. The largest absolute Gasteiger partial charge is 0.496 e. The number of nitrogens with two attached hydrogens (primary N) is 1. The van der Waals surface area contributed by atoms with Gasteiger partial charge in [0.15, 0.2) is 17.5 Å². The summed E-state index contributed by atoms with van der Waals surface area (Å²) < 4.78 is 18.9. The van der Waals surface area contributed by atoms with Crippen LogP contribution in [-0.2, 0) is 0 Å². The number of methoxy groups -OCH3 is 1. The van der Waals surface area contributed by atoms with Crippen LogP contribution in [0.1, 0.15) is 5.69 Å². The number of fused-ring (bicyclic) bond motifs is 1. The Morgan fingerprint density at radius 1 is 1.05 bits per heavy atom. The zero-order chi connectivity index (χ0) is 15.0. The van der Waals surface area contributed by atoms with E-state index in [1.807, 2.05) is 36.4 Å². The maximum Gasteiger partial charge on any atom is 0.186 e. The van der Waals surface area contributed by atoms with E-state index in [0.717, 1.165) is 22.1 Å². The van der Waals surface area contributed by atoms with E-state index in [1.165, 1.54) is 0 Å². The van der Waals surface area contributed by atoms with Crippen LogP contribution in [0.2, 0.25) is 0 Å². The van der Waals surface area contributed by atoms with Gasteiger partial charge in [0.25, 0.3) is 0 Å². The van der Waals surface area contributed by atoms with Gasteiger partial charge >= 0.3 is 0 Å². The molecule has 3 rings (SSSR count). The van der Waals surface area contributed by atoms with Gasteiger partial charge in [-0.3, -0.25) is 0 Å². The van der Waals surface area contributed by atoms with Crippen LogP contribution >= 0.6 is 0 Å². The van der Waals surface area contributed by atoms with E-state index in [0.29, 0.717) is 5.82 Å². The summed E-state index contributed by atoms with van der Waals surface area (Å²) in [5.41, 5.74) is 6.63. The number of ether oxygens (including phenoxy) is 1. The maximum atomic E-state index is 13.6. The molecule has 0 saturated carbocycles. The zero-order valence-electron chi connectivity index (χ0n) is 11.7. The van der Waals surface area contributed by atoms with Crippen LogP contribution in [0, 0.1) is 12.7 Å². The van der Waals surface area contributed by atoms with Crippen LogP contribution in [0.3, 0.4) is 0 Å². The molecule has 0 unspecified atom stereocenters.